The average molecular weight is 552 g/mol. The highest BCUT2D eigenvalue weighted by Crippen LogP contribution is 2.21. The Balaban J connectivity index is 1.87. The Morgan fingerprint density at radius 2 is 1.60 bits per heavy atom. The second-order valence-electron chi connectivity index (χ2n) is 6.77. The van der Waals surface area contributed by atoms with Gasteiger partial charge in [0.2, 0.25) is 15.9 Å². The number of amides is 1. The van der Waals surface area contributed by atoms with Gasteiger partial charge in [-0.25, -0.2) is 8.42 Å². The van der Waals surface area contributed by atoms with Crippen LogP contribution in [0.1, 0.15) is 11.1 Å². The molecule has 0 fully saturated rings. The third kappa shape index (κ3) is 6.01. The van der Waals surface area contributed by atoms with E-state index in [0.717, 1.165) is 20.1 Å². The van der Waals surface area contributed by atoms with Gasteiger partial charge < -0.3 is 5.32 Å². The third-order valence-electron chi connectivity index (χ3n) is 4.36. The zero-order valence-electron chi connectivity index (χ0n) is 16.2. The van der Waals surface area contributed by atoms with E-state index in [1.807, 2.05) is 37.3 Å². The maximum Gasteiger partial charge on any atom is 0.243 e. The fourth-order valence-electron chi connectivity index (χ4n) is 2.81. The van der Waals surface area contributed by atoms with E-state index in [0.29, 0.717) is 5.69 Å². The maximum atomic E-state index is 13.3. The fraction of sp³-hybridized carbons (Fsp3) is 0.136. The summed E-state index contributed by atoms with van der Waals surface area (Å²) in [5.74, 6) is -0.416. The number of carbonyl (C=O) groups excluding carboxylic acids is 1. The van der Waals surface area contributed by atoms with Crippen LogP contribution in [0.3, 0.4) is 0 Å². The van der Waals surface area contributed by atoms with Crippen molar-refractivity contribution in [1.29, 1.82) is 0 Å². The van der Waals surface area contributed by atoms with Gasteiger partial charge in [0.25, 0.3) is 0 Å². The minimum Gasteiger partial charge on any atom is -0.325 e. The van der Waals surface area contributed by atoms with Crippen LogP contribution in [0.2, 0.25) is 0 Å². The van der Waals surface area contributed by atoms with Gasteiger partial charge in [0.1, 0.15) is 0 Å². The lowest BCUT2D eigenvalue weighted by molar-refractivity contribution is -0.116. The van der Waals surface area contributed by atoms with Crippen LogP contribution in [0.15, 0.2) is 86.6 Å². The van der Waals surface area contributed by atoms with E-state index >= 15 is 0 Å². The first-order valence-corrected chi connectivity index (χ1v) is 12.1. The second-order valence-corrected chi connectivity index (χ2v) is 10.5. The van der Waals surface area contributed by atoms with E-state index in [2.05, 4.69) is 37.2 Å². The highest BCUT2D eigenvalue weighted by atomic mass is 79.9. The lowest BCUT2D eigenvalue weighted by atomic mass is 10.2. The van der Waals surface area contributed by atoms with E-state index in [1.165, 1.54) is 4.31 Å². The Kier molecular flexibility index (Phi) is 7.46. The number of aryl methyl sites for hydroxylation is 1. The number of hydrogen-bond acceptors (Lipinski definition) is 3. The van der Waals surface area contributed by atoms with Crippen molar-refractivity contribution in [1.82, 2.24) is 4.31 Å². The standard InChI is InChI=1S/C22H20Br2N2O3S/c1-16-5-11-21(12-6-16)30(28,29)26(14-17-7-9-18(23)10-8-17)15-22(27)25-20-4-2-3-19(24)13-20/h2-13H,14-15H2,1H3,(H,25,27). The fourth-order valence-corrected chi connectivity index (χ4v) is 4.85. The molecule has 0 saturated heterocycles. The van der Waals surface area contributed by atoms with Crippen LogP contribution in [0.5, 0.6) is 0 Å². The number of sulfonamides is 1. The second kappa shape index (κ2) is 9.87. The number of rotatable bonds is 7. The Labute approximate surface area is 193 Å². The molecule has 0 saturated carbocycles. The minimum atomic E-state index is -3.87. The molecule has 0 spiro atoms. The number of halogens is 2. The third-order valence-corrected chi connectivity index (χ3v) is 7.19. The van der Waals surface area contributed by atoms with E-state index in [1.54, 1.807) is 42.5 Å². The van der Waals surface area contributed by atoms with Crippen molar-refractivity contribution in [2.45, 2.75) is 18.4 Å². The van der Waals surface area contributed by atoms with Gasteiger partial charge in [-0.2, -0.15) is 4.31 Å². The van der Waals surface area contributed by atoms with Crippen molar-refractivity contribution in [2.24, 2.45) is 0 Å². The van der Waals surface area contributed by atoms with Crippen LogP contribution in [0, 0.1) is 6.92 Å². The van der Waals surface area contributed by atoms with Crippen LogP contribution < -0.4 is 5.32 Å². The maximum absolute atomic E-state index is 13.3. The number of nitrogens with one attached hydrogen (secondary N) is 1. The Hall–Kier alpha value is -2.00. The van der Waals surface area contributed by atoms with E-state index < -0.39 is 15.9 Å². The highest BCUT2D eigenvalue weighted by Gasteiger charge is 2.27. The first kappa shape index (κ1) is 22.7. The van der Waals surface area contributed by atoms with Crippen LogP contribution >= 0.6 is 31.9 Å². The number of hydrogen-bond donors (Lipinski definition) is 1. The molecule has 30 heavy (non-hydrogen) atoms. The summed E-state index contributed by atoms with van der Waals surface area (Å²) < 4.78 is 29.5. The number of anilines is 1. The van der Waals surface area contributed by atoms with Crippen molar-refractivity contribution in [3.05, 3.63) is 92.9 Å². The molecule has 156 valence electrons. The van der Waals surface area contributed by atoms with E-state index in [4.69, 9.17) is 0 Å². The highest BCUT2D eigenvalue weighted by molar-refractivity contribution is 9.10. The van der Waals surface area contributed by atoms with Crippen molar-refractivity contribution >= 4 is 53.5 Å². The average Bonchev–Trinajstić information content (AvgIpc) is 2.69. The topological polar surface area (TPSA) is 66.5 Å². The Morgan fingerprint density at radius 1 is 0.933 bits per heavy atom. The van der Waals surface area contributed by atoms with Gasteiger partial charge in [0.05, 0.1) is 11.4 Å². The van der Waals surface area contributed by atoms with Gasteiger partial charge in [0, 0.05) is 21.2 Å². The van der Waals surface area contributed by atoms with Crippen molar-refractivity contribution in [3.63, 3.8) is 0 Å². The molecule has 0 atom stereocenters. The Bertz CT molecular complexity index is 1130. The van der Waals surface area contributed by atoms with E-state index in [-0.39, 0.29) is 18.0 Å². The van der Waals surface area contributed by atoms with Crippen molar-refractivity contribution in [2.75, 3.05) is 11.9 Å². The van der Waals surface area contributed by atoms with Gasteiger partial charge in [-0.15, -0.1) is 0 Å². The van der Waals surface area contributed by atoms with Crippen LogP contribution in [-0.2, 0) is 21.4 Å². The number of carbonyl (C=O) groups is 1. The first-order valence-electron chi connectivity index (χ1n) is 9.11. The van der Waals surface area contributed by atoms with Crippen LogP contribution in [0.25, 0.3) is 0 Å². The summed E-state index contributed by atoms with van der Waals surface area (Å²) in [6.07, 6.45) is 0. The van der Waals surface area contributed by atoms with Gasteiger partial charge in [0.15, 0.2) is 0 Å². The van der Waals surface area contributed by atoms with E-state index in [9.17, 15) is 13.2 Å². The van der Waals surface area contributed by atoms with Gasteiger partial charge in [-0.1, -0.05) is 67.8 Å². The molecule has 0 aromatic heterocycles. The molecule has 0 aliphatic heterocycles. The van der Waals surface area contributed by atoms with Crippen LogP contribution in [0.4, 0.5) is 5.69 Å². The largest absolute Gasteiger partial charge is 0.325 e. The van der Waals surface area contributed by atoms with Gasteiger partial charge in [-0.3, -0.25) is 4.79 Å². The lowest BCUT2D eigenvalue weighted by Gasteiger charge is -2.22. The summed E-state index contributed by atoms with van der Waals surface area (Å²) in [4.78, 5) is 12.8. The molecule has 0 aliphatic carbocycles. The number of benzene rings is 3. The van der Waals surface area contributed by atoms with Crippen molar-refractivity contribution in [3.8, 4) is 0 Å². The summed E-state index contributed by atoms with van der Waals surface area (Å²) in [6.45, 7) is 1.66. The summed E-state index contributed by atoms with van der Waals surface area (Å²) >= 11 is 6.74. The molecule has 1 amide bonds. The zero-order valence-corrected chi connectivity index (χ0v) is 20.2. The minimum absolute atomic E-state index is 0.0788. The smallest absolute Gasteiger partial charge is 0.243 e. The molecule has 5 nitrogen and oxygen atoms in total. The molecular weight excluding hydrogens is 532 g/mol. The zero-order chi connectivity index (χ0) is 21.7. The summed E-state index contributed by atoms with van der Waals surface area (Å²) in [5, 5.41) is 2.76. The molecule has 0 unspecified atom stereocenters. The number of nitrogens with zero attached hydrogens (tertiary/aromatic N) is 1. The summed E-state index contributed by atoms with van der Waals surface area (Å²) in [5.41, 5.74) is 2.33. The monoisotopic (exact) mass is 550 g/mol. The summed E-state index contributed by atoms with van der Waals surface area (Å²) in [7, 11) is -3.87. The quantitative estimate of drug-likeness (QED) is 0.430. The molecule has 3 aromatic rings. The predicted octanol–water partition coefficient (Wildman–Crippen LogP) is 5.35. The molecule has 3 rings (SSSR count). The van der Waals surface area contributed by atoms with Gasteiger partial charge in [-0.05, 0) is 55.0 Å². The SMILES string of the molecule is Cc1ccc(S(=O)(=O)N(CC(=O)Nc2cccc(Br)c2)Cc2ccc(Br)cc2)cc1. The van der Waals surface area contributed by atoms with Crippen molar-refractivity contribution < 1.29 is 13.2 Å². The van der Waals surface area contributed by atoms with Gasteiger partial charge >= 0.3 is 0 Å². The molecule has 0 aliphatic rings. The predicted molar refractivity (Wildman–Crippen MR) is 126 cm³/mol. The summed E-state index contributed by atoms with van der Waals surface area (Å²) in [6, 6.07) is 21.1. The molecule has 3 aromatic carbocycles. The lowest BCUT2D eigenvalue weighted by Crippen LogP contribution is -2.37. The Morgan fingerprint density at radius 3 is 2.23 bits per heavy atom. The molecular formula is C22H20Br2N2O3S. The molecule has 0 radical (unpaired) electrons. The molecule has 1 N–H and O–H groups in total. The normalized spacial score (nSPS) is 11.5. The van der Waals surface area contributed by atoms with Crippen LogP contribution in [-0.4, -0.2) is 25.2 Å². The first-order chi connectivity index (χ1) is 14.2. The molecule has 8 heteroatoms. The molecule has 0 heterocycles. The molecule has 0 bridgehead atoms.